The molecule has 0 aliphatic heterocycles. The van der Waals surface area contributed by atoms with Crippen molar-refractivity contribution in [3.8, 4) is 0 Å². The average Bonchev–Trinajstić information content (AvgIpc) is 2.62. The van der Waals surface area contributed by atoms with E-state index in [-0.39, 0.29) is 5.56 Å². The maximum absolute atomic E-state index is 13.4. The first kappa shape index (κ1) is 17.6. The maximum Gasteiger partial charge on any atom is 0.262 e. The standard InChI is InChI=1S/C18H16F2N2O2S/c1-24-9-8-22-17(23)13-4-2-3-5-16(13)21-18(22)25-11-12-6-7-14(19)15(20)10-12/h2-7,10H,8-9,11H2,1H3. The molecule has 0 bridgehead atoms. The highest BCUT2D eigenvalue weighted by molar-refractivity contribution is 7.98. The number of hydrogen-bond donors (Lipinski definition) is 0. The highest BCUT2D eigenvalue weighted by Crippen LogP contribution is 2.23. The lowest BCUT2D eigenvalue weighted by molar-refractivity contribution is 0.183. The van der Waals surface area contributed by atoms with E-state index >= 15 is 0 Å². The van der Waals surface area contributed by atoms with E-state index in [1.54, 1.807) is 29.9 Å². The lowest BCUT2D eigenvalue weighted by atomic mass is 10.2. The summed E-state index contributed by atoms with van der Waals surface area (Å²) in [7, 11) is 1.56. The van der Waals surface area contributed by atoms with Gasteiger partial charge < -0.3 is 4.74 Å². The summed E-state index contributed by atoms with van der Waals surface area (Å²) in [4.78, 5) is 17.3. The normalized spacial score (nSPS) is 11.2. The first-order chi connectivity index (χ1) is 12.1. The van der Waals surface area contributed by atoms with E-state index in [1.165, 1.54) is 17.8 Å². The summed E-state index contributed by atoms with van der Waals surface area (Å²) in [5.41, 5.74) is 1.08. The Morgan fingerprint density at radius 2 is 1.96 bits per heavy atom. The minimum absolute atomic E-state index is 0.143. The van der Waals surface area contributed by atoms with Gasteiger partial charge in [0.15, 0.2) is 16.8 Å². The first-order valence-electron chi connectivity index (χ1n) is 7.65. The Kier molecular flexibility index (Phi) is 5.45. The Labute approximate surface area is 147 Å². The van der Waals surface area contributed by atoms with Crippen molar-refractivity contribution in [2.75, 3.05) is 13.7 Å². The molecular weight excluding hydrogens is 346 g/mol. The molecule has 1 heterocycles. The van der Waals surface area contributed by atoms with Gasteiger partial charge in [0, 0.05) is 12.9 Å². The maximum atomic E-state index is 13.4. The summed E-state index contributed by atoms with van der Waals surface area (Å²) in [5.74, 6) is -1.40. The second-order valence-electron chi connectivity index (χ2n) is 5.40. The van der Waals surface area contributed by atoms with Gasteiger partial charge in [0.1, 0.15) is 0 Å². The van der Waals surface area contributed by atoms with Crippen molar-refractivity contribution in [1.29, 1.82) is 0 Å². The number of nitrogens with zero attached hydrogens (tertiary/aromatic N) is 2. The van der Waals surface area contributed by atoms with Crippen LogP contribution in [0, 0.1) is 11.6 Å². The van der Waals surface area contributed by atoms with Crippen LogP contribution in [0.1, 0.15) is 5.56 Å². The highest BCUT2D eigenvalue weighted by Gasteiger charge is 2.12. The summed E-state index contributed by atoms with van der Waals surface area (Å²) in [6.45, 7) is 0.742. The number of fused-ring (bicyclic) bond motifs is 1. The quantitative estimate of drug-likeness (QED) is 0.496. The number of aromatic nitrogens is 2. The molecular formula is C18H16F2N2O2S. The Hall–Kier alpha value is -2.25. The number of benzene rings is 2. The molecule has 130 valence electrons. The fraction of sp³-hybridized carbons (Fsp3) is 0.222. The van der Waals surface area contributed by atoms with Crippen LogP contribution in [0.3, 0.4) is 0 Å². The van der Waals surface area contributed by atoms with Crippen LogP contribution in [-0.4, -0.2) is 23.3 Å². The number of hydrogen-bond acceptors (Lipinski definition) is 4. The largest absolute Gasteiger partial charge is 0.383 e. The zero-order valence-corrected chi connectivity index (χ0v) is 14.4. The van der Waals surface area contributed by atoms with Gasteiger partial charge in [-0.3, -0.25) is 9.36 Å². The molecule has 0 radical (unpaired) electrons. The molecule has 0 N–H and O–H groups in total. The van der Waals surface area contributed by atoms with Gasteiger partial charge >= 0.3 is 0 Å². The third-order valence-electron chi connectivity index (χ3n) is 3.70. The Balaban J connectivity index is 1.95. The molecule has 25 heavy (non-hydrogen) atoms. The van der Waals surface area contributed by atoms with Crippen molar-refractivity contribution >= 4 is 22.7 Å². The predicted molar refractivity (Wildman–Crippen MR) is 93.8 cm³/mol. The molecule has 3 rings (SSSR count). The van der Waals surface area contributed by atoms with E-state index in [4.69, 9.17) is 4.74 Å². The van der Waals surface area contributed by atoms with Crippen molar-refractivity contribution in [1.82, 2.24) is 9.55 Å². The molecule has 0 saturated carbocycles. The Bertz CT molecular complexity index is 959. The zero-order valence-electron chi connectivity index (χ0n) is 13.5. The van der Waals surface area contributed by atoms with Gasteiger partial charge in [0.05, 0.1) is 24.1 Å². The van der Waals surface area contributed by atoms with Crippen molar-refractivity contribution in [2.24, 2.45) is 0 Å². The average molecular weight is 362 g/mol. The third-order valence-corrected chi connectivity index (χ3v) is 4.75. The molecule has 2 aromatic carbocycles. The van der Waals surface area contributed by atoms with Crippen LogP contribution >= 0.6 is 11.8 Å². The summed E-state index contributed by atoms with van der Waals surface area (Å²) in [6, 6.07) is 10.9. The molecule has 1 aromatic heterocycles. The minimum Gasteiger partial charge on any atom is -0.383 e. The highest BCUT2D eigenvalue weighted by atomic mass is 32.2. The van der Waals surface area contributed by atoms with Gasteiger partial charge in [-0.1, -0.05) is 30.0 Å². The molecule has 3 aromatic rings. The van der Waals surface area contributed by atoms with Gasteiger partial charge in [0.2, 0.25) is 0 Å². The SMILES string of the molecule is COCCn1c(SCc2ccc(F)c(F)c2)nc2ccccc2c1=O. The van der Waals surface area contributed by atoms with Crippen molar-refractivity contribution < 1.29 is 13.5 Å². The second kappa shape index (κ2) is 7.76. The molecule has 7 heteroatoms. The van der Waals surface area contributed by atoms with Crippen molar-refractivity contribution in [2.45, 2.75) is 17.5 Å². The Morgan fingerprint density at radius 3 is 2.72 bits per heavy atom. The second-order valence-corrected chi connectivity index (χ2v) is 6.34. The van der Waals surface area contributed by atoms with E-state index in [9.17, 15) is 13.6 Å². The van der Waals surface area contributed by atoms with Crippen LogP contribution in [0.15, 0.2) is 52.4 Å². The van der Waals surface area contributed by atoms with Crippen LogP contribution in [0.25, 0.3) is 10.9 Å². The van der Waals surface area contributed by atoms with E-state index in [0.29, 0.717) is 40.5 Å². The van der Waals surface area contributed by atoms with E-state index in [2.05, 4.69) is 4.98 Å². The summed E-state index contributed by atoms with van der Waals surface area (Å²) >= 11 is 1.30. The van der Waals surface area contributed by atoms with Crippen LogP contribution in [0.4, 0.5) is 8.78 Å². The molecule has 4 nitrogen and oxygen atoms in total. The Morgan fingerprint density at radius 1 is 1.16 bits per heavy atom. The summed E-state index contributed by atoms with van der Waals surface area (Å²) < 4.78 is 33.0. The minimum atomic E-state index is -0.888. The van der Waals surface area contributed by atoms with Crippen LogP contribution in [0.2, 0.25) is 0 Å². The van der Waals surface area contributed by atoms with Crippen LogP contribution in [0.5, 0.6) is 0 Å². The number of halogens is 2. The number of rotatable bonds is 6. The third kappa shape index (κ3) is 3.88. The van der Waals surface area contributed by atoms with Gasteiger partial charge in [-0.2, -0.15) is 0 Å². The van der Waals surface area contributed by atoms with Crippen molar-refractivity contribution in [3.05, 3.63) is 70.0 Å². The van der Waals surface area contributed by atoms with Crippen LogP contribution in [-0.2, 0) is 17.0 Å². The fourth-order valence-corrected chi connectivity index (χ4v) is 3.38. The lowest BCUT2D eigenvalue weighted by Crippen LogP contribution is -2.25. The van der Waals surface area contributed by atoms with Gasteiger partial charge in [0.25, 0.3) is 5.56 Å². The van der Waals surface area contributed by atoms with Gasteiger partial charge in [-0.05, 0) is 29.8 Å². The van der Waals surface area contributed by atoms with Crippen molar-refractivity contribution in [3.63, 3.8) is 0 Å². The fourth-order valence-electron chi connectivity index (χ4n) is 2.41. The lowest BCUT2D eigenvalue weighted by Gasteiger charge is -2.12. The van der Waals surface area contributed by atoms with E-state index < -0.39 is 11.6 Å². The monoisotopic (exact) mass is 362 g/mol. The molecule has 0 atom stereocenters. The number of thioether (sulfide) groups is 1. The number of para-hydroxylation sites is 1. The first-order valence-corrected chi connectivity index (χ1v) is 8.64. The van der Waals surface area contributed by atoms with E-state index in [1.807, 2.05) is 6.07 Å². The summed E-state index contributed by atoms with van der Waals surface area (Å²) in [6.07, 6.45) is 0. The molecule has 0 aliphatic carbocycles. The molecule has 0 unspecified atom stereocenters. The smallest absolute Gasteiger partial charge is 0.262 e. The number of methoxy groups -OCH3 is 1. The number of ether oxygens (including phenoxy) is 1. The molecule has 0 aliphatic rings. The summed E-state index contributed by atoms with van der Waals surface area (Å²) in [5, 5.41) is 1.06. The van der Waals surface area contributed by atoms with Gasteiger partial charge in [-0.25, -0.2) is 13.8 Å². The molecule has 0 fully saturated rings. The molecule has 0 amide bonds. The predicted octanol–water partition coefficient (Wildman–Crippen LogP) is 3.61. The zero-order chi connectivity index (χ0) is 17.8. The van der Waals surface area contributed by atoms with E-state index in [0.717, 1.165) is 12.1 Å². The topological polar surface area (TPSA) is 44.1 Å². The molecule has 0 saturated heterocycles. The molecule has 0 spiro atoms. The van der Waals surface area contributed by atoms with Crippen LogP contribution < -0.4 is 5.56 Å². The van der Waals surface area contributed by atoms with Gasteiger partial charge in [-0.15, -0.1) is 0 Å².